The maximum absolute atomic E-state index is 8.54. The van der Waals surface area contributed by atoms with E-state index in [-0.39, 0.29) is 0 Å². The summed E-state index contributed by atoms with van der Waals surface area (Å²) in [6.45, 7) is 2.32. The van der Waals surface area contributed by atoms with Gasteiger partial charge in [0.15, 0.2) is 0 Å². The van der Waals surface area contributed by atoms with Gasteiger partial charge in [-0.15, -0.1) is 0 Å². The van der Waals surface area contributed by atoms with E-state index < -0.39 is 0 Å². The third kappa shape index (κ3) is 0.992. The molecule has 0 aromatic carbocycles. The van der Waals surface area contributed by atoms with Crippen LogP contribution in [0.15, 0.2) is 0 Å². The second-order valence-corrected chi connectivity index (χ2v) is 2.18. The normalized spacial score (nSPS) is 23.2. The standard InChI is InChI=1S/C5H12N2O/c1-6-7-2-5(3-7)4-8/h5-6,8H,2-4H2,1H3. The van der Waals surface area contributed by atoms with Gasteiger partial charge in [-0.25, -0.2) is 5.01 Å². The van der Waals surface area contributed by atoms with E-state index in [4.69, 9.17) is 5.11 Å². The maximum Gasteiger partial charge on any atom is 0.0484 e. The first-order valence-corrected chi connectivity index (χ1v) is 2.90. The molecule has 0 unspecified atom stereocenters. The van der Waals surface area contributed by atoms with E-state index in [1.807, 2.05) is 7.05 Å². The van der Waals surface area contributed by atoms with E-state index in [9.17, 15) is 0 Å². The lowest BCUT2D eigenvalue weighted by atomic mass is 10.0. The average molecular weight is 116 g/mol. The van der Waals surface area contributed by atoms with E-state index in [1.165, 1.54) is 0 Å². The molecule has 1 aliphatic heterocycles. The van der Waals surface area contributed by atoms with Gasteiger partial charge in [0.25, 0.3) is 0 Å². The van der Waals surface area contributed by atoms with E-state index in [0.717, 1.165) is 13.1 Å². The van der Waals surface area contributed by atoms with Gasteiger partial charge in [0.1, 0.15) is 0 Å². The van der Waals surface area contributed by atoms with Crippen LogP contribution in [-0.4, -0.2) is 36.9 Å². The SMILES string of the molecule is CNN1CC(CO)C1. The number of hydrazine groups is 1. The van der Waals surface area contributed by atoms with Crippen molar-refractivity contribution in [2.24, 2.45) is 5.92 Å². The predicted molar refractivity (Wildman–Crippen MR) is 31.2 cm³/mol. The van der Waals surface area contributed by atoms with E-state index in [2.05, 4.69) is 10.4 Å². The summed E-state index contributed by atoms with van der Waals surface area (Å²) in [5.41, 5.74) is 2.99. The summed E-state index contributed by atoms with van der Waals surface area (Å²) < 4.78 is 0. The highest BCUT2D eigenvalue weighted by molar-refractivity contribution is 4.74. The molecule has 0 aromatic heterocycles. The van der Waals surface area contributed by atoms with E-state index in [0.29, 0.717) is 12.5 Å². The molecular formula is C5H12N2O. The lowest BCUT2D eigenvalue weighted by Gasteiger charge is -2.37. The van der Waals surface area contributed by atoms with Gasteiger partial charge in [-0.05, 0) is 7.05 Å². The van der Waals surface area contributed by atoms with Crippen molar-refractivity contribution in [3.63, 3.8) is 0 Å². The quantitative estimate of drug-likeness (QED) is 0.488. The molecule has 0 spiro atoms. The Hall–Kier alpha value is -0.120. The fraction of sp³-hybridized carbons (Fsp3) is 1.00. The highest BCUT2D eigenvalue weighted by Gasteiger charge is 2.23. The molecule has 2 N–H and O–H groups in total. The monoisotopic (exact) mass is 116 g/mol. The summed E-state index contributed by atoms with van der Waals surface area (Å²) in [7, 11) is 1.90. The summed E-state index contributed by atoms with van der Waals surface area (Å²) in [4.78, 5) is 0. The van der Waals surface area contributed by atoms with Crippen molar-refractivity contribution in [2.75, 3.05) is 26.7 Å². The van der Waals surface area contributed by atoms with Crippen LogP contribution >= 0.6 is 0 Å². The first-order chi connectivity index (χ1) is 3.86. The molecule has 0 bridgehead atoms. The molecule has 0 amide bonds. The lowest BCUT2D eigenvalue weighted by molar-refractivity contribution is 0.0203. The molecule has 0 saturated carbocycles. The van der Waals surface area contributed by atoms with Gasteiger partial charge in [0.05, 0.1) is 0 Å². The Bertz CT molecular complexity index is 62.8. The molecule has 1 aliphatic rings. The zero-order valence-electron chi connectivity index (χ0n) is 5.09. The number of nitrogens with zero attached hydrogens (tertiary/aromatic N) is 1. The number of rotatable bonds is 2. The molecule has 1 fully saturated rings. The molecule has 1 heterocycles. The third-order valence-corrected chi connectivity index (χ3v) is 1.53. The highest BCUT2D eigenvalue weighted by Crippen LogP contribution is 2.09. The fourth-order valence-electron chi connectivity index (χ4n) is 0.868. The van der Waals surface area contributed by atoms with Crippen LogP contribution in [0.2, 0.25) is 0 Å². The second kappa shape index (κ2) is 2.44. The second-order valence-electron chi connectivity index (χ2n) is 2.18. The highest BCUT2D eigenvalue weighted by atomic mass is 16.3. The van der Waals surface area contributed by atoms with E-state index in [1.54, 1.807) is 0 Å². The lowest BCUT2D eigenvalue weighted by Crippen LogP contribution is -2.53. The van der Waals surface area contributed by atoms with Gasteiger partial charge in [-0.2, -0.15) is 0 Å². The number of hydrogen-bond acceptors (Lipinski definition) is 3. The maximum atomic E-state index is 8.54. The minimum atomic E-state index is 0.332. The van der Waals surface area contributed by atoms with Gasteiger partial charge >= 0.3 is 0 Å². The Morgan fingerprint density at radius 1 is 1.75 bits per heavy atom. The number of aliphatic hydroxyl groups is 1. The number of nitrogens with one attached hydrogen (secondary N) is 1. The number of hydrogen-bond donors (Lipinski definition) is 2. The zero-order chi connectivity index (χ0) is 5.98. The Morgan fingerprint density at radius 2 is 2.38 bits per heavy atom. The van der Waals surface area contributed by atoms with Crippen molar-refractivity contribution >= 4 is 0 Å². The van der Waals surface area contributed by atoms with Crippen molar-refractivity contribution in [2.45, 2.75) is 0 Å². The van der Waals surface area contributed by atoms with Gasteiger partial charge in [0.2, 0.25) is 0 Å². The van der Waals surface area contributed by atoms with Crippen molar-refractivity contribution in [1.82, 2.24) is 10.4 Å². The summed E-state index contributed by atoms with van der Waals surface area (Å²) >= 11 is 0. The molecule has 0 aliphatic carbocycles. The first-order valence-electron chi connectivity index (χ1n) is 2.90. The molecule has 1 rings (SSSR count). The van der Waals surface area contributed by atoms with Crippen molar-refractivity contribution in [3.8, 4) is 0 Å². The van der Waals surface area contributed by atoms with Crippen LogP contribution in [0.5, 0.6) is 0 Å². The summed E-state index contributed by atoms with van der Waals surface area (Å²) in [5.74, 6) is 0.516. The van der Waals surface area contributed by atoms with Crippen LogP contribution in [0.4, 0.5) is 0 Å². The van der Waals surface area contributed by atoms with E-state index >= 15 is 0 Å². The fourth-order valence-corrected chi connectivity index (χ4v) is 0.868. The zero-order valence-corrected chi connectivity index (χ0v) is 5.09. The molecule has 0 radical (unpaired) electrons. The topological polar surface area (TPSA) is 35.5 Å². The first kappa shape index (κ1) is 6.01. The molecule has 3 nitrogen and oxygen atoms in total. The average Bonchev–Trinajstić information content (AvgIpc) is 1.65. The molecule has 48 valence electrons. The van der Waals surface area contributed by atoms with Crippen LogP contribution in [0.25, 0.3) is 0 Å². The van der Waals surface area contributed by atoms with Gasteiger partial charge in [-0.1, -0.05) is 0 Å². The smallest absolute Gasteiger partial charge is 0.0484 e. The molecule has 8 heavy (non-hydrogen) atoms. The van der Waals surface area contributed by atoms with Crippen molar-refractivity contribution in [1.29, 1.82) is 0 Å². The molecule has 0 atom stereocenters. The Kier molecular flexibility index (Phi) is 1.83. The molecule has 3 heteroatoms. The summed E-state index contributed by atoms with van der Waals surface area (Å²) in [5, 5.41) is 10.6. The molecule has 1 saturated heterocycles. The van der Waals surface area contributed by atoms with Crippen LogP contribution in [-0.2, 0) is 0 Å². The molecule has 0 aromatic rings. The Balaban J connectivity index is 2.03. The predicted octanol–water partition coefficient (Wildman–Crippen LogP) is -0.955. The van der Waals surface area contributed by atoms with Crippen LogP contribution < -0.4 is 5.43 Å². The minimum absolute atomic E-state index is 0.332. The van der Waals surface area contributed by atoms with Crippen LogP contribution in [0, 0.1) is 5.92 Å². The van der Waals surface area contributed by atoms with Crippen molar-refractivity contribution in [3.05, 3.63) is 0 Å². The minimum Gasteiger partial charge on any atom is -0.396 e. The van der Waals surface area contributed by atoms with Crippen molar-refractivity contribution < 1.29 is 5.11 Å². The third-order valence-electron chi connectivity index (χ3n) is 1.53. The number of aliphatic hydroxyl groups excluding tert-OH is 1. The van der Waals surface area contributed by atoms with Crippen LogP contribution in [0.1, 0.15) is 0 Å². The summed E-state index contributed by atoms with van der Waals surface area (Å²) in [6, 6.07) is 0. The summed E-state index contributed by atoms with van der Waals surface area (Å²) in [6.07, 6.45) is 0. The molecular weight excluding hydrogens is 104 g/mol. The Labute approximate surface area is 49.3 Å². The van der Waals surface area contributed by atoms with Gasteiger partial charge in [0, 0.05) is 25.6 Å². The Morgan fingerprint density at radius 3 is 2.75 bits per heavy atom. The largest absolute Gasteiger partial charge is 0.396 e. The van der Waals surface area contributed by atoms with Crippen LogP contribution in [0.3, 0.4) is 0 Å². The van der Waals surface area contributed by atoms with Gasteiger partial charge in [-0.3, -0.25) is 5.43 Å². The van der Waals surface area contributed by atoms with Gasteiger partial charge < -0.3 is 5.11 Å².